The lowest BCUT2D eigenvalue weighted by Gasteiger charge is -2.30. The average Bonchev–Trinajstić information content (AvgIpc) is 2.33. The summed E-state index contributed by atoms with van der Waals surface area (Å²) in [6.45, 7) is 5.93. The van der Waals surface area contributed by atoms with Crippen molar-refractivity contribution < 1.29 is 15.0 Å². The molecule has 0 heterocycles. The smallest absolute Gasteiger partial charge is 0.312 e. The van der Waals surface area contributed by atoms with E-state index in [1.807, 2.05) is 20.8 Å². The molecule has 0 aromatic rings. The molecule has 2 N–H and O–H groups in total. The first-order chi connectivity index (χ1) is 6.40. The van der Waals surface area contributed by atoms with E-state index in [2.05, 4.69) is 0 Å². The van der Waals surface area contributed by atoms with Crippen molar-refractivity contribution in [3.8, 4) is 0 Å². The van der Waals surface area contributed by atoms with Crippen molar-refractivity contribution >= 4 is 5.97 Å². The van der Waals surface area contributed by atoms with Gasteiger partial charge in [0, 0.05) is 0 Å². The van der Waals surface area contributed by atoms with Crippen LogP contribution in [0.3, 0.4) is 0 Å². The van der Waals surface area contributed by atoms with Crippen LogP contribution in [-0.2, 0) is 4.79 Å². The molecule has 0 aromatic heterocycles. The van der Waals surface area contributed by atoms with Crippen molar-refractivity contribution in [3.05, 3.63) is 0 Å². The van der Waals surface area contributed by atoms with Gasteiger partial charge in [-0.1, -0.05) is 20.8 Å². The minimum atomic E-state index is -0.881. The lowest BCUT2D eigenvalue weighted by Crippen LogP contribution is -2.41. The molecule has 0 aliphatic heterocycles. The Kier molecular flexibility index (Phi) is 3.20. The summed E-state index contributed by atoms with van der Waals surface area (Å²) in [6, 6.07) is 0. The Morgan fingerprint density at radius 1 is 1.57 bits per heavy atom. The Labute approximate surface area is 85.1 Å². The van der Waals surface area contributed by atoms with E-state index in [0.29, 0.717) is 18.8 Å². The summed E-state index contributed by atoms with van der Waals surface area (Å²) in [5, 5.41) is 19.2. The van der Waals surface area contributed by atoms with E-state index in [4.69, 9.17) is 0 Å². The van der Waals surface area contributed by atoms with Crippen LogP contribution in [0.4, 0.5) is 0 Å². The molecule has 14 heavy (non-hydrogen) atoms. The van der Waals surface area contributed by atoms with Crippen molar-refractivity contribution in [1.29, 1.82) is 0 Å². The number of rotatable bonds is 3. The normalized spacial score (nSPS) is 37.8. The minimum Gasteiger partial charge on any atom is -0.481 e. The molecule has 1 saturated carbocycles. The summed E-state index contributed by atoms with van der Waals surface area (Å²) in [5.41, 5.74) is -0.881. The number of carbonyl (C=O) groups is 1. The number of carboxylic acids is 1. The highest BCUT2D eigenvalue weighted by Gasteiger charge is 2.51. The Balaban J connectivity index is 2.88. The SMILES string of the molecule is CC(C)C[C@]1(C(=O)O)CC[C@H](C)[C@@H]1O. The summed E-state index contributed by atoms with van der Waals surface area (Å²) < 4.78 is 0. The molecule has 0 bridgehead atoms. The van der Waals surface area contributed by atoms with Gasteiger partial charge in [-0.05, 0) is 31.1 Å². The maximum atomic E-state index is 11.3. The maximum Gasteiger partial charge on any atom is 0.312 e. The van der Waals surface area contributed by atoms with Gasteiger partial charge in [-0.25, -0.2) is 0 Å². The molecule has 1 rings (SSSR count). The fourth-order valence-corrected chi connectivity index (χ4v) is 2.61. The van der Waals surface area contributed by atoms with Crippen molar-refractivity contribution in [2.75, 3.05) is 0 Å². The molecule has 0 unspecified atom stereocenters. The molecule has 1 aliphatic rings. The van der Waals surface area contributed by atoms with E-state index in [1.54, 1.807) is 0 Å². The van der Waals surface area contributed by atoms with E-state index < -0.39 is 17.5 Å². The topological polar surface area (TPSA) is 57.5 Å². The molecule has 1 aliphatic carbocycles. The van der Waals surface area contributed by atoms with Crippen LogP contribution in [0.25, 0.3) is 0 Å². The Morgan fingerprint density at radius 2 is 2.14 bits per heavy atom. The summed E-state index contributed by atoms with van der Waals surface area (Å²) in [6.07, 6.45) is 1.33. The first-order valence-corrected chi connectivity index (χ1v) is 5.31. The van der Waals surface area contributed by atoms with Gasteiger partial charge in [-0.2, -0.15) is 0 Å². The molecule has 82 valence electrons. The van der Waals surface area contributed by atoms with E-state index >= 15 is 0 Å². The second-order valence-electron chi connectivity index (χ2n) is 5.02. The highest BCUT2D eigenvalue weighted by molar-refractivity contribution is 5.76. The lowest BCUT2D eigenvalue weighted by molar-refractivity contribution is -0.157. The monoisotopic (exact) mass is 200 g/mol. The van der Waals surface area contributed by atoms with Crippen LogP contribution in [0.15, 0.2) is 0 Å². The number of aliphatic carboxylic acids is 1. The molecular formula is C11H20O3. The second-order valence-corrected chi connectivity index (χ2v) is 5.02. The summed E-state index contributed by atoms with van der Waals surface area (Å²) in [7, 11) is 0. The van der Waals surface area contributed by atoms with Gasteiger partial charge in [0.15, 0.2) is 0 Å². The third-order valence-corrected chi connectivity index (χ3v) is 3.35. The van der Waals surface area contributed by atoms with Gasteiger partial charge in [0.2, 0.25) is 0 Å². The van der Waals surface area contributed by atoms with Crippen LogP contribution in [-0.4, -0.2) is 22.3 Å². The predicted octanol–water partition coefficient (Wildman–Crippen LogP) is 1.89. The van der Waals surface area contributed by atoms with E-state index in [9.17, 15) is 15.0 Å². The van der Waals surface area contributed by atoms with Crippen LogP contribution in [0, 0.1) is 17.3 Å². The molecule has 3 nitrogen and oxygen atoms in total. The van der Waals surface area contributed by atoms with Crippen LogP contribution in [0.5, 0.6) is 0 Å². The van der Waals surface area contributed by atoms with Crippen LogP contribution >= 0.6 is 0 Å². The average molecular weight is 200 g/mol. The highest BCUT2D eigenvalue weighted by Crippen LogP contribution is 2.46. The molecule has 3 heteroatoms. The summed E-state index contributed by atoms with van der Waals surface area (Å²) in [5.74, 6) is -0.404. The van der Waals surface area contributed by atoms with E-state index in [0.717, 1.165) is 6.42 Å². The van der Waals surface area contributed by atoms with E-state index in [-0.39, 0.29) is 5.92 Å². The van der Waals surface area contributed by atoms with Gasteiger partial charge in [-0.15, -0.1) is 0 Å². The number of hydrogen-bond acceptors (Lipinski definition) is 2. The van der Waals surface area contributed by atoms with Gasteiger partial charge in [0.05, 0.1) is 11.5 Å². The Hall–Kier alpha value is -0.570. The maximum absolute atomic E-state index is 11.3. The molecule has 0 aromatic carbocycles. The zero-order valence-corrected chi connectivity index (χ0v) is 9.16. The summed E-state index contributed by atoms with van der Waals surface area (Å²) >= 11 is 0. The molecule has 0 amide bonds. The zero-order chi connectivity index (χ0) is 10.9. The number of hydrogen-bond donors (Lipinski definition) is 2. The van der Waals surface area contributed by atoms with Gasteiger partial charge in [-0.3, -0.25) is 4.79 Å². The van der Waals surface area contributed by atoms with Gasteiger partial charge >= 0.3 is 5.97 Å². The van der Waals surface area contributed by atoms with Crippen LogP contribution in [0.1, 0.15) is 40.0 Å². The number of carboxylic acid groups (broad SMARTS) is 1. The molecule has 3 atom stereocenters. The molecular weight excluding hydrogens is 180 g/mol. The third-order valence-electron chi connectivity index (χ3n) is 3.35. The largest absolute Gasteiger partial charge is 0.481 e. The molecule has 0 saturated heterocycles. The fraction of sp³-hybridized carbons (Fsp3) is 0.909. The number of aliphatic hydroxyl groups excluding tert-OH is 1. The highest BCUT2D eigenvalue weighted by atomic mass is 16.4. The van der Waals surface area contributed by atoms with Crippen LogP contribution < -0.4 is 0 Å². The van der Waals surface area contributed by atoms with Crippen molar-refractivity contribution in [2.24, 2.45) is 17.3 Å². The van der Waals surface area contributed by atoms with Gasteiger partial charge < -0.3 is 10.2 Å². The Bertz CT molecular complexity index is 225. The lowest BCUT2D eigenvalue weighted by atomic mass is 9.76. The first kappa shape index (κ1) is 11.5. The predicted molar refractivity (Wildman–Crippen MR) is 53.9 cm³/mol. The molecule has 0 spiro atoms. The van der Waals surface area contributed by atoms with Gasteiger partial charge in [0.1, 0.15) is 0 Å². The minimum absolute atomic E-state index is 0.116. The Morgan fingerprint density at radius 3 is 2.43 bits per heavy atom. The van der Waals surface area contributed by atoms with Crippen molar-refractivity contribution in [1.82, 2.24) is 0 Å². The second kappa shape index (κ2) is 3.89. The molecule has 1 fully saturated rings. The summed E-state index contributed by atoms with van der Waals surface area (Å²) in [4.78, 5) is 11.3. The van der Waals surface area contributed by atoms with Crippen LogP contribution in [0.2, 0.25) is 0 Å². The first-order valence-electron chi connectivity index (χ1n) is 5.31. The number of aliphatic hydroxyl groups is 1. The standard InChI is InChI=1S/C11H20O3/c1-7(2)6-11(10(13)14)5-4-8(3)9(11)12/h7-9,12H,4-6H2,1-3H3,(H,13,14)/t8-,9-,11+/m0/s1. The third kappa shape index (κ3) is 1.78. The fourth-order valence-electron chi connectivity index (χ4n) is 2.61. The zero-order valence-electron chi connectivity index (χ0n) is 9.16. The quantitative estimate of drug-likeness (QED) is 0.731. The van der Waals surface area contributed by atoms with Crippen molar-refractivity contribution in [3.63, 3.8) is 0 Å². The van der Waals surface area contributed by atoms with E-state index in [1.165, 1.54) is 0 Å². The van der Waals surface area contributed by atoms with Gasteiger partial charge in [0.25, 0.3) is 0 Å². The van der Waals surface area contributed by atoms with Crippen molar-refractivity contribution in [2.45, 2.75) is 46.1 Å². The molecule has 0 radical (unpaired) electrons.